The van der Waals surface area contributed by atoms with Crippen LogP contribution in [0.4, 0.5) is 0 Å². The number of nitrogens with zero attached hydrogens (tertiary/aromatic N) is 1. The van der Waals surface area contributed by atoms with E-state index >= 15 is 0 Å². The molecule has 0 aromatic heterocycles. The first-order valence-corrected chi connectivity index (χ1v) is 19.6. The summed E-state index contributed by atoms with van der Waals surface area (Å²) >= 11 is 0. The lowest BCUT2D eigenvalue weighted by Crippen LogP contribution is -2.34. The van der Waals surface area contributed by atoms with Crippen molar-refractivity contribution in [1.82, 2.24) is 15.5 Å². The van der Waals surface area contributed by atoms with Crippen molar-refractivity contribution in [3.63, 3.8) is 0 Å². The summed E-state index contributed by atoms with van der Waals surface area (Å²) in [6, 6.07) is 0. The zero-order chi connectivity index (χ0) is 32.9. The molecule has 2 N–H and O–H groups in total. The first-order valence-electron chi connectivity index (χ1n) is 19.6. The van der Waals surface area contributed by atoms with E-state index in [9.17, 15) is 9.59 Å². The van der Waals surface area contributed by atoms with Crippen LogP contribution in [0.25, 0.3) is 0 Å². The molecule has 0 unspecified atom stereocenters. The summed E-state index contributed by atoms with van der Waals surface area (Å²) in [5, 5.41) is 6.13. The monoisotopic (exact) mass is 632 g/mol. The molecule has 0 aromatic rings. The number of hydrogen-bond acceptors (Lipinski definition) is 3. The number of carbonyl (C=O) groups is 2. The second-order valence-corrected chi connectivity index (χ2v) is 13.3. The Hall–Kier alpha value is -1.62. The molecule has 264 valence electrons. The van der Waals surface area contributed by atoms with E-state index in [1.54, 1.807) is 0 Å². The van der Waals surface area contributed by atoms with E-state index in [2.05, 4.69) is 60.7 Å². The first kappa shape index (κ1) is 43.4. The standard InChI is InChI=1S/C40H77N3O2/c1-4-6-8-10-12-14-16-18-19-21-23-25-27-29-31-34-40(45)42-36-38-43(3)37-32-35-41-39(44)33-30-28-26-24-22-20-17-15-13-11-9-7-5-2/h18-20,22H,4-17,21,23-38H2,1-3H3,(H,41,44)(H,42,45)/b19-18-,22-20-. The molecule has 0 bridgehead atoms. The molecular formula is C40H77N3O2. The van der Waals surface area contributed by atoms with Gasteiger partial charge in [0.2, 0.25) is 11.8 Å². The highest BCUT2D eigenvalue weighted by atomic mass is 16.2. The number of rotatable bonds is 35. The quantitative estimate of drug-likeness (QED) is 0.0540. The average Bonchev–Trinajstić information content (AvgIpc) is 3.03. The maximum Gasteiger partial charge on any atom is 0.220 e. The molecule has 45 heavy (non-hydrogen) atoms. The Morgan fingerprint density at radius 1 is 0.444 bits per heavy atom. The Kier molecular flexibility index (Phi) is 35.5. The summed E-state index contributed by atoms with van der Waals surface area (Å²) < 4.78 is 0. The number of hydrogen-bond donors (Lipinski definition) is 2. The van der Waals surface area contributed by atoms with E-state index in [1.807, 2.05) is 0 Å². The Bertz CT molecular complexity index is 691. The third-order valence-electron chi connectivity index (χ3n) is 8.69. The van der Waals surface area contributed by atoms with Crippen LogP contribution < -0.4 is 10.6 Å². The summed E-state index contributed by atoms with van der Waals surface area (Å²) in [5.74, 6) is 0.358. The fourth-order valence-corrected chi connectivity index (χ4v) is 5.61. The largest absolute Gasteiger partial charge is 0.356 e. The van der Waals surface area contributed by atoms with E-state index < -0.39 is 0 Å². The van der Waals surface area contributed by atoms with Crippen LogP contribution in [0.5, 0.6) is 0 Å². The maximum absolute atomic E-state index is 12.1. The topological polar surface area (TPSA) is 61.4 Å². The Morgan fingerprint density at radius 3 is 1.24 bits per heavy atom. The van der Waals surface area contributed by atoms with E-state index in [0.717, 1.165) is 58.2 Å². The van der Waals surface area contributed by atoms with Gasteiger partial charge < -0.3 is 15.5 Å². The molecule has 5 heteroatoms. The summed E-state index contributed by atoms with van der Waals surface area (Å²) in [6.45, 7) is 7.74. The predicted octanol–water partition coefficient (Wildman–Crippen LogP) is 10.8. The molecule has 0 radical (unpaired) electrons. The summed E-state index contributed by atoms with van der Waals surface area (Å²) in [5.41, 5.74) is 0. The summed E-state index contributed by atoms with van der Waals surface area (Å²) in [7, 11) is 2.08. The van der Waals surface area contributed by atoms with Gasteiger partial charge in [-0.2, -0.15) is 0 Å². The SMILES string of the molecule is CCCCCCCC/C=C\CCCCCCCC(=O)NCCN(C)CCCNC(=O)CCCCC/C=C\CCCCCCCC. The van der Waals surface area contributed by atoms with Gasteiger partial charge in [0.1, 0.15) is 0 Å². The normalized spacial score (nSPS) is 11.7. The second-order valence-electron chi connectivity index (χ2n) is 13.3. The highest BCUT2D eigenvalue weighted by Gasteiger charge is 2.04. The number of carbonyl (C=O) groups excluding carboxylic acids is 2. The van der Waals surface area contributed by atoms with Crippen molar-refractivity contribution >= 4 is 11.8 Å². The van der Waals surface area contributed by atoms with Crippen molar-refractivity contribution in [3.8, 4) is 0 Å². The lowest BCUT2D eigenvalue weighted by Gasteiger charge is -2.17. The Balaban J connectivity index is 3.43. The molecule has 2 amide bonds. The molecule has 0 aliphatic carbocycles. The van der Waals surface area contributed by atoms with Gasteiger partial charge in [0.25, 0.3) is 0 Å². The van der Waals surface area contributed by atoms with Crippen molar-refractivity contribution in [3.05, 3.63) is 24.3 Å². The molecule has 0 heterocycles. The van der Waals surface area contributed by atoms with E-state index in [4.69, 9.17) is 0 Å². The van der Waals surface area contributed by atoms with Crippen molar-refractivity contribution in [2.45, 2.75) is 187 Å². The minimum absolute atomic E-state index is 0.178. The second kappa shape index (κ2) is 36.8. The van der Waals surface area contributed by atoms with Gasteiger partial charge in [-0.05, 0) is 84.2 Å². The van der Waals surface area contributed by atoms with Gasteiger partial charge in [0.15, 0.2) is 0 Å². The number of allylic oxidation sites excluding steroid dienone is 4. The average molecular weight is 632 g/mol. The highest BCUT2D eigenvalue weighted by molar-refractivity contribution is 5.76. The van der Waals surface area contributed by atoms with Gasteiger partial charge in [0, 0.05) is 32.5 Å². The fraction of sp³-hybridized carbons (Fsp3) is 0.850. The van der Waals surface area contributed by atoms with Crippen LogP contribution in [-0.2, 0) is 9.59 Å². The smallest absolute Gasteiger partial charge is 0.220 e. The van der Waals surface area contributed by atoms with Crippen molar-refractivity contribution in [2.75, 3.05) is 33.2 Å². The summed E-state index contributed by atoms with van der Waals surface area (Å²) in [4.78, 5) is 26.5. The van der Waals surface area contributed by atoms with Gasteiger partial charge in [-0.1, -0.05) is 128 Å². The van der Waals surface area contributed by atoms with Crippen molar-refractivity contribution < 1.29 is 9.59 Å². The molecule has 0 aliphatic heterocycles. The van der Waals surface area contributed by atoms with Gasteiger partial charge in [0.05, 0.1) is 0 Å². The van der Waals surface area contributed by atoms with Crippen LogP contribution in [0.3, 0.4) is 0 Å². The number of likely N-dealkylation sites (N-methyl/N-ethyl adjacent to an activating group) is 1. The molecule has 0 atom stereocenters. The highest BCUT2D eigenvalue weighted by Crippen LogP contribution is 2.11. The van der Waals surface area contributed by atoms with Gasteiger partial charge in [-0.15, -0.1) is 0 Å². The van der Waals surface area contributed by atoms with Gasteiger partial charge in [-0.3, -0.25) is 9.59 Å². The minimum Gasteiger partial charge on any atom is -0.356 e. The third-order valence-corrected chi connectivity index (χ3v) is 8.69. The molecule has 0 spiro atoms. The zero-order valence-corrected chi connectivity index (χ0v) is 30.5. The predicted molar refractivity (Wildman–Crippen MR) is 198 cm³/mol. The first-order chi connectivity index (χ1) is 22.1. The Morgan fingerprint density at radius 2 is 0.800 bits per heavy atom. The maximum atomic E-state index is 12.1. The number of amides is 2. The zero-order valence-electron chi connectivity index (χ0n) is 30.5. The van der Waals surface area contributed by atoms with Crippen LogP contribution in [0, 0.1) is 0 Å². The third kappa shape index (κ3) is 36.7. The molecule has 0 rings (SSSR count). The molecule has 0 saturated heterocycles. The Labute approximate surface area is 281 Å². The van der Waals surface area contributed by atoms with E-state index in [0.29, 0.717) is 19.4 Å². The molecule has 0 aromatic carbocycles. The number of unbranched alkanes of at least 4 members (excludes halogenated alkanes) is 20. The van der Waals surface area contributed by atoms with E-state index in [-0.39, 0.29) is 11.8 Å². The van der Waals surface area contributed by atoms with Crippen LogP contribution in [0.15, 0.2) is 24.3 Å². The minimum atomic E-state index is 0.178. The molecule has 5 nitrogen and oxygen atoms in total. The number of nitrogens with one attached hydrogen (secondary N) is 2. The fourth-order valence-electron chi connectivity index (χ4n) is 5.61. The molecule has 0 saturated carbocycles. The van der Waals surface area contributed by atoms with Crippen molar-refractivity contribution in [1.29, 1.82) is 0 Å². The van der Waals surface area contributed by atoms with Crippen LogP contribution in [-0.4, -0.2) is 49.9 Å². The molecular weight excluding hydrogens is 554 g/mol. The lowest BCUT2D eigenvalue weighted by atomic mass is 10.1. The van der Waals surface area contributed by atoms with Gasteiger partial charge in [-0.25, -0.2) is 0 Å². The van der Waals surface area contributed by atoms with E-state index in [1.165, 1.54) is 122 Å². The summed E-state index contributed by atoms with van der Waals surface area (Å²) in [6.07, 6.45) is 42.1. The molecule has 0 aliphatic rings. The molecule has 0 fully saturated rings. The lowest BCUT2D eigenvalue weighted by molar-refractivity contribution is -0.122. The van der Waals surface area contributed by atoms with Crippen LogP contribution in [0.2, 0.25) is 0 Å². The van der Waals surface area contributed by atoms with Crippen LogP contribution in [0.1, 0.15) is 187 Å². The van der Waals surface area contributed by atoms with Crippen LogP contribution >= 0.6 is 0 Å². The van der Waals surface area contributed by atoms with Gasteiger partial charge >= 0.3 is 0 Å². The van der Waals surface area contributed by atoms with Crippen molar-refractivity contribution in [2.24, 2.45) is 0 Å².